The molecule has 1 saturated carbocycles. The van der Waals surface area contributed by atoms with Gasteiger partial charge in [-0.1, -0.05) is 0 Å². The van der Waals surface area contributed by atoms with E-state index < -0.39 is 5.97 Å². The van der Waals surface area contributed by atoms with Crippen LogP contribution in [0.5, 0.6) is 5.75 Å². The van der Waals surface area contributed by atoms with Crippen molar-refractivity contribution >= 4 is 16.9 Å². The Morgan fingerprint density at radius 3 is 2.73 bits per heavy atom. The Morgan fingerprint density at radius 1 is 1.32 bits per heavy atom. The molecule has 0 radical (unpaired) electrons. The van der Waals surface area contributed by atoms with Gasteiger partial charge in [0.15, 0.2) is 0 Å². The van der Waals surface area contributed by atoms with E-state index in [1.807, 2.05) is 24.3 Å². The molecule has 5 nitrogen and oxygen atoms in total. The van der Waals surface area contributed by atoms with Crippen molar-refractivity contribution < 1.29 is 45.2 Å². The van der Waals surface area contributed by atoms with Gasteiger partial charge >= 0.3 is 121 Å². The van der Waals surface area contributed by atoms with E-state index >= 15 is 0 Å². The van der Waals surface area contributed by atoms with E-state index in [4.69, 9.17) is 19.1 Å². The van der Waals surface area contributed by atoms with Crippen molar-refractivity contribution in [2.24, 2.45) is 0 Å². The van der Waals surface area contributed by atoms with Gasteiger partial charge in [0.25, 0.3) is 5.97 Å². The van der Waals surface area contributed by atoms with Crippen LogP contribution in [0.15, 0.2) is 33.5 Å². The van der Waals surface area contributed by atoms with Gasteiger partial charge in [0, 0.05) is 6.92 Å². The van der Waals surface area contributed by atoms with Gasteiger partial charge in [-0.3, -0.25) is 4.79 Å². The molecule has 3 atom stereocenters. The molecule has 0 saturated heterocycles. The predicted octanol–water partition coefficient (Wildman–Crippen LogP) is 2.86. The van der Waals surface area contributed by atoms with Crippen molar-refractivity contribution in [1.82, 2.24) is 0 Å². The molecule has 2 aliphatic rings. The Bertz CT molecular complexity index is 778. The molecule has 2 bridgehead atoms. The second-order valence-electron chi connectivity index (χ2n) is 5.65. The number of hydrogen-bond donors (Lipinski definition) is 1. The molecule has 111 valence electrons. The number of benzene rings is 1. The van der Waals surface area contributed by atoms with Crippen LogP contribution in [0, 0.1) is 0 Å². The molecule has 1 aromatic heterocycles. The Labute approximate surface area is 143 Å². The normalized spacial score (nSPS) is 25.0. The summed E-state index contributed by atoms with van der Waals surface area (Å²) in [5.74, 6) is 0.360. The summed E-state index contributed by atoms with van der Waals surface area (Å²) in [4.78, 5) is 21.2. The van der Waals surface area contributed by atoms with Crippen molar-refractivity contribution in [1.29, 1.82) is 0 Å². The van der Waals surface area contributed by atoms with Crippen LogP contribution >= 0.6 is 0 Å². The molecule has 0 spiro atoms. The van der Waals surface area contributed by atoms with Crippen molar-refractivity contribution in [2.75, 3.05) is 0 Å². The van der Waals surface area contributed by atoms with Crippen molar-refractivity contribution in [3.63, 3.8) is 0 Å². The minimum atomic E-state index is -0.833. The van der Waals surface area contributed by atoms with E-state index in [2.05, 4.69) is 0 Å². The van der Waals surface area contributed by atoms with Gasteiger partial charge in [-0.25, -0.2) is 0 Å². The molecule has 0 amide bonds. The van der Waals surface area contributed by atoms with Crippen LogP contribution in [0.1, 0.15) is 31.2 Å². The summed E-state index contributed by atoms with van der Waals surface area (Å²) in [5.41, 5.74) is 1.25. The Balaban J connectivity index is 0.000000325. The summed E-state index contributed by atoms with van der Waals surface area (Å²) in [5, 5.41) is 8.37. The fraction of sp³-hybridized carbons (Fsp3) is 0.375. The molecule has 1 aromatic carbocycles. The number of para-hydroxylation sites is 1. The number of fused-ring (bicyclic) bond motifs is 6. The number of carbonyl (C=O) groups is 1. The summed E-state index contributed by atoms with van der Waals surface area (Å²) in [6, 6.07) is 7.66. The third kappa shape index (κ3) is 2.66. The van der Waals surface area contributed by atoms with E-state index in [0.29, 0.717) is 47.2 Å². The first-order chi connectivity index (χ1) is 10.5. The van der Waals surface area contributed by atoms with Crippen molar-refractivity contribution in [3.05, 3.63) is 40.2 Å². The molecule has 2 aromatic rings. The molecule has 1 aliphatic heterocycles. The topological polar surface area (TPSA) is 76.7 Å². The second-order valence-corrected chi connectivity index (χ2v) is 9.32. The molecule has 0 unspecified atom stereocenters. The zero-order valence-electron chi connectivity index (χ0n) is 12.2. The van der Waals surface area contributed by atoms with E-state index in [9.17, 15) is 4.79 Å². The molecule has 4 rings (SSSR count). The summed E-state index contributed by atoms with van der Waals surface area (Å²) in [6.07, 6.45) is 2.51. The van der Waals surface area contributed by atoms with Crippen LogP contribution in [0.2, 0.25) is 3.43 Å². The zero-order valence-corrected chi connectivity index (χ0v) is 17.7. The van der Waals surface area contributed by atoms with Crippen LogP contribution in [0.3, 0.4) is 0 Å². The van der Waals surface area contributed by atoms with Gasteiger partial charge in [0.2, 0.25) is 0 Å². The summed E-state index contributed by atoms with van der Waals surface area (Å²) in [7, 11) is 0. The first kappa shape index (κ1) is 15.5. The van der Waals surface area contributed by atoms with Gasteiger partial charge in [-0.2, -0.15) is 0 Å². The molecule has 2 heterocycles. The quantitative estimate of drug-likeness (QED) is 0.457. The molecule has 22 heavy (non-hydrogen) atoms. The van der Waals surface area contributed by atoms with E-state index in [1.165, 1.54) is 0 Å². The average Bonchev–Trinajstić information content (AvgIpc) is 2.70. The molecular weight excluding hydrogens is 473 g/mol. The van der Waals surface area contributed by atoms with Crippen LogP contribution in [0.25, 0.3) is 11.0 Å². The van der Waals surface area contributed by atoms with Crippen molar-refractivity contribution in [3.8, 4) is 5.75 Å². The Kier molecular flexibility index (Phi) is 4.25. The summed E-state index contributed by atoms with van der Waals surface area (Å²) in [6.45, 7) is 1.08. The number of ether oxygens (including phenoxy) is 1. The average molecular weight is 488 g/mol. The van der Waals surface area contributed by atoms with E-state index in [1.54, 1.807) is 0 Å². The Hall–Kier alpha value is -1.36. The number of carboxylic acids is 1. The van der Waals surface area contributed by atoms with Gasteiger partial charge in [0.1, 0.15) is 0 Å². The zero-order chi connectivity index (χ0) is 15.9. The second kappa shape index (κ2) is 6.03. The van der Waals surface area contributed by atoms with Crippen LogP contribution in [0.4, 0.5) is 0 Å². The van der Waals surface area contributed by atoms with Crippen LogP contribution in [-0.4, -0.2) is 17.2 Å². The number of carboxylic acid groups (broad SMARTS) is 1. The number of hydrogen-bond acceptors (Lipinski definition) is 4. The molecule has 1 aliphatic carbocycles. The standard InChI is InChI=1S/C14H11O3.C2H4O2.Hg/c15-14-12-8-5-6-9(7-8)16-13(12)10-3-1-2-4-11(10)17-14;1-2(3)4;/h1-4,7-9H,5-6H2;1H3,(H,3,4);/t8-,9+;;/m1../s1. The van der Waals surface area contributed by atoms with Crippen LogP contribution < -0.4 is 10.4 Å². The first-order valence-electron chi connectivity index (χ1n) is 7.24. The van der Waals surface area contributed by atoms with Crippen LogP contribution in [-0.2, 0) is 30.9 Å². The summed E-state index contributed by atoms with van der Waals surface area (Å²) < 4.78 is 12.2. The van der Waals surface area contributed by atoms with Gasteiger partial charge < -0.3 is 5.11 Å². The monoisotopic (exact) mass is 489 g/mol. The predicted molar refractivity (Wildman–Crippen MR) is 75.9 cm³/mol. The number of rotatable bonds is 0. The van der Waals surface area contributed by atoms with Crippen molar-refractivity contribution in [2.45, 2.75) is 35.2 Å². The van der Waals surface area contributed by atoms with E-state index in [-0.39, 0.29) is 5.63 Å². The maximum atomic E-state index is 12.2. The Morgan fingerprint density at radius 2 is 2.00 bits per heavy atom. The fourth-order valence-corrected chi connectivity index (χ4v) is 6.39. The third-order valence-electron chi connectivity index (χ3n) is 4.20. The summed E-state index contributed by atoms with van der Waals surface area (Å²) >= 11 is 0.634. The maximum absolute atomic E-state index is 12.2. The van der Waals surface area contributed by atoms with Gasteiger partial charge in [0.05, 0.1) is 0 Å². The SMILES string of the molecule is CC(=O)O.O=c1oc2ccccc2c2c1[C@@H]1CC[C@H](O2)[C@H]1[Hg]. The third-order valence-corrected chi connectivity index (χ3v) is 8.45. The van der Waals surface area contributed by atoms with Gasteiger partial charge in [-0.05, 0) is 0 Å². The first-order valence-corrected chi connectivity index (χ1v) is 10.4. The fourth-order valence-electron chi connectivity index (χ4n) is 3.27. The molecule has 6 heteroatoms. The van der Waals surface area contributed by atoms with Gasteiger partial charge in [-0.15, -0.1) is 0 Å². The molecule has 1 N–H and O–H groups in total. The minimum absolute atomic E-state index is 0.190. The number of aliphatic carboxylic acids is 1. The molecule has 1 fully saturated rings. The molecular formula is C16H15HgO5. The van der Waals surface area contributed by atoms with E-state index in [0.717, 1.165) is 36.5 Å².